The fourth-order valence-electron chi connectivity index (χ4n) is 1.13. The molecule has 0 aliphatic carbocycles. The lowest BCUT2D eigenvalue weighted by molar-refractivity contribution is -0.125. The Bertz CT molecular complexity index is 161. The molecule has 84 valence electrons. The molecule has 4 nitrogen and oxygen atoms in total. The molecule has 0 aliphatic heterocycles. The molecule has 0 aromatic heterocycles. The number of amides is 1. The van der Waals surface area contributed by atoms with E-state index in [4.69, 9.17) is 5.73 Å². The van der Waals surface area contributed by atoms with Crippen LogP contribution in [0.3, 0.4) is 0 Å². The fourth-order valence-corrected chi connectivity index (χ4v) is 1.13. The summed E-state index contributed by atoms with van der Waals surface area (Å²) in [5.41, 5.74) is 5.42. The van der Waals surface area contributed by atoms with E-state index in [1.807, 2.05) is 18.9 Å². The number of rotatable bonds is 7. The van der Waals surface area contributed by atoms with Crippen molar-refractivity contribution in [3.8, 4) is 0 Å². The first-order valence-corrected chi connectivity index (χ1v) is 5.31. The Morgan fingerprint density at radius 3 is 2.71 bits per heavy atom. The first-order valence-electron chi connectivity index (χ1n) is 5.31. The number of carbonyl (C=O) groups excluding carboxylic acids is 1. The molecule has 0 bridgehead atoms. The lowest BCUT2D eigenvalue weighted by Gasteiger charge is -2.22. The van der Waals surface area contributed by atoms with Gasteiger partial charge in [-0.25, -0.2) is 0 Å². The van der Waals surface area contributed by atoms with Gasteiger partial charge in [0.05, 0.1) is 6.04 Å². The fraction of sp³-hybridized carbons (Fsp3) is 0.900. The average Bonchev–Trinajstić information content (AvgIpc) is 2.17. The summed E-state index contributed by atoms with van der Waals surface area (Å²) in [6, 6.07) is -0.0876. The predicted octanol–water partition coefficient (Wildman–Crippen LogP) is 0.182. The molecule has 0 radical (unpaired) electrons. The minimum absolute atomic E-state index is 0.0876. The molecule has 14 heavy (non-hydrogen) atoms. The highest BCUT2D eigenvalue weighted by atomic mass is 16.2. The smallest absolute Gasteiger partial charge is 0.237 e. The van der Waals surface area contributed by atoms with Crippen molar-refractivity contribution in [2.75, 3.05) is 26.7 Å². The number of nitrogens with zero attached hydrogens (tertiary/aromatic N) is 1. The molecule has 0 rings (SSSR count). The third-order valence-electron chi connectivity index (χ3n) is 2.35. The van der Waals surface area contributed by atoms with Crippen molar-refractivity contribution in [2.45, 2.75) is 32.7 Å². The van der Waals surface area contributed by atoms with Crippen LogP contribution in [0.5, 0.6) is 0 Å². The number of carbonyl (C=O) groups is 1. The lowest BCUT2D eigenvalue weighted by Crippen LogP contribution is -2.45. The highest BCUT2D eigenvalue weighted by Gasteiger charge is 2.16. The zero-order valence-electron chi connectivity index (χ0n) is 9.55. The van der Waals surface area contributed by atoms with Crippen molar-refractivity contribution in [3.63, 3.8) is 0 Å². The molecule has 0 spiro atoms. The van der Waals surface area contributed by atoms with Crippen LogP contribution in [0.25, 0.3) is 0 Å². The largest absolute Gasteiger partial charge is 0.355 e. The van der Waals surface area contributed by atoms with E-state index in [9.17, 15) is 4.79 Å². The first kappa shape index (κ1) is 13.4. The minimum Gasteiger partial charge on any atom is -0.355 e. The van der Waals surface area contributed by atoms with Crippen LogP contribution in [0.4, 0.5) is 0 Å². The molecular formula is C10H23N3O. The summed E-state index contributed by atoms with van der Waals surface area (Å²) in [5.74, 6) is 0.0920. The molecule has 1 atom stereocenters. The van der Waals surface area contributed by atoms with E-state index in [2.05, 4.69) is 12.2 Å². The van der Waals surface area contributed by atoms with E-state index in [1.54, 1.807) is 0 Å². The van der Waals surface area contributed by atoms with Crippen molar-refractivity contribution in [1.82, 2.24) is 10.2 Å². The number of hydrogen-bond acceptors (Lipinski definition) is 3. The van der Waals surface area contributed by atoms with Gasteiger partial charge in [-0.15, -0.1) is 0 Å². The summed E-state index contributed by atoms with van der Waals surface area (Å²) in [6.45, 7) is 6.12. The van der Waals surface area contributed by atoms with Gasteiger partial charge < -0.3 is 11.1 Å². The maximum absolute atomic E-state index is 11.5. The third kappa shape index (κ3) is 5.19. The Morgan fingerprint density at radius 1 is 1.57 bits per heavy atom. The second-order valence-corrected chi connectivity index (χ2v) is 3.59. The predicted molar refractivity (Wildman–Crippen MR) is 59.1 cm³/mol. The molecular weight excluding hydrogens is 178 g/mol. The van der Waals surface area contributed by atoms with Crippen molar-refractivity contribution < 1.29 is 4.79 Å². The highest BCUT2D eigenvalue weighted by molar-refractivity contribution is 5.81. The first-order chi connectivity index (χ1) is 6.63. The zero-order chi connectivity index (χ0) is 11.0. The molecule has 0 heterocycles. The summed E-state index contributed by atoms with van der Waals surface area (Å²) in [5, 5.41) is 2.90. The van der Waals surface area contributed by atoms with Gasteiger partial charge in [0.1, 0.15) is 0 Å². The van der Waals surface area contributed by atoms with Crippen LogP contribution in [-0.4, -0.2) is 43.5 Å². The van der Waals surface area contributed by atoms with Gasteiger partial charge in [-0.1, -0.05) is 13.3 Å². The Hall–Kier alpha value is -0.610. The number of nitrogens with two attached hydrogens (primary N) is 1. The molecule has 1 unspecified atom stereocenters. The minimum atomic E-state index is -0.0876. The Kier molecular flexibility index (Phi) is 7.42. The zero-order valence-corrected chi connectivity index (χ0v) is 9.55. The van der Waals surface area contributed by atoms with Crippen molar-refractivity contribution >= 4 is 5.91 Å². The molecule has 1 amide bonds. The molecule has 0 aliphatic rings. The van der Waals surface area contributed by atoms with Crippen LogP contribution in [0.1, 0.15) is 26.7 Å². The highest BCUT2D eigenvalue weighted by Crippen LogP contribution is 1.94. The van der Waals surface area contributed by atoms with Crippen LogP contribution in [0, 0.1) is 0 Å². The summed E-state index contributed by atoms with van der Waals surface area (Å²) >= 11 is 0. The number of hydrogen-bond donors (Lipinski definition) is 2. The quantitative estimate of drug-likeness (QED) is 0.578. The molecule has 0 aromatic carbocycles. The van der Waals surface area contributed by atoms with Gasteiger partial charge >= 0.3 is 0 Å². The topological polar surface area (TPSA) is 58.4 Å². The van der Waals surface area contributed by atoms with Gasteiger partial charge in [0.2, 0.25) is 5.91 Å². The van der Waals surface area contributed by atoms with Crippen LogP contribution in [0.2, 0.25) is 0 Å². The summed E-state index contributed by atoms with van der Waals surface area (Å²) in [7, 11) is 1.91. The van der Waals surface area contributed by atoms with Crippen LogP contribution < -0.4 is 11.1 Å². The Balaban J connectivity index is 3.74. The van der Waals surface area contributed by atoms with Crippen molar-refractivity contribution in [3.05, 3.63) is 0 Å². The van der Waals surface area contributed by atoms with Crippen LogP contribution in [0.15, 0.2) is 0 Å². The standard InChI is InChI=1S/C10H23N3O/c1-4-5-7-12-10(14)9(2)13(3)8-6-11/h9H,4-8,11H2,1-3H3,(H,12,14). The normalized spacial score (nSPS) is 12.9. The van der Waals surface area contributed by atoms with E-state index in [0.29, 0.717) is 6.54 Å². The van der Waals surface area contributed by atoms with Crippen molar-refractivity contribution in [1.29, 1.82) is 0 Å². The molecule has 0 saturated carbocycles. The van der Waals surface area contributed by atoms with E-state index >= 15 is 0 Å². The molecule has 0 fully saturated rings. The summed E-state index contributed by atoms with van der Waals surface area (Å²) in [4.78, 5) is 13.5. The second-order valence-electron chi connectivity index (χ2n) is 3.59. The van der Waals surface area contributed by atoms with Crippen LogP contribution in [-0.2, 0) is 4.79 Å². The number of unbranched alkanes of at least 4 members (excludes halogenated alkanes) is 1. The summed E-state index contributed by atoms with van der Waals surface area (Å²) in [6.07, 6.45) is 2.15. The van der Waals surface area contributed by atoms with Gasteiger partial charge in [-0.3, -0.25) is 9.69 Å². The molecule has 4 heteroatoms. The van der Waals surface area contributed by atoms with E-state index in [0.717, 1.165) is 25.9 Å². The third-order valence-corrected chi connectivity index (χ3v) is 2.35. The van der Waals surface area contributed by atoms with Gasteiger partial charge in [0.25, 0.3) is 0 Å². The Labute approximate surface area is 86.8 Å². The van der Waals surface area contributed by atoms with E-state index < -0.39 is 0 Å². The maximum Gasteiger partial charge on any atom is 0.237 e. The second kappa shape index (κ2) is 7.76. The van der Waals surface area contributed by atoms with Gasteiger partial charge in [0.15, 0.2) is 0 Å². The molecule has 0 saturated heterocycles. The summed E-state index contributed by atoms with van der Waals surface area (Å²) < 4.78 is 0. The van der Waals surface area contributed by atoms with E-state index in [-0.39, 0.29) is 11.9 Å². The SMILES string of the molecule is CCCCNC(=O)C(C)N(C)CCN. The molecule has 0 aromatic rings. The average molecular weight is 201 g/mol. The Morgan fingerprint density at radius 2 is 2.21 bits per heavy atom. The van der Waals surface area contributed by atoms with Gasteiger partial charge in [0, 0.05) is 19.6 Å². The number of likely N-dealkylation sites (N-methyl/N-ethyl adjacent to an activating group) is 1. The van der Waals surface area contributed by atoms with Crippen LogP contribution >= 0.6 is 0 Å². The van der Waals surface area contributed by atoms with Gasteiger partial charge in [-0.2, -0.15) is 0 Å². The number of nitrogens with one attached hydrogen (secondary N) is 1. The van der Waals surface area contributed by atoms with Gasteiger partial charge in [-0.05, 0) is 20.4 Å². The monoisotopic (exact) mass is 201 g/mol. The van der Waals surface area contributed by atoms with E-state index in [1.165, 1.54) is 0 Å². The van der Waals surface area contributed by atoms with Crippen molar-refractivity contribution in [2.24, 2.45) is 5.73 Å². The lowest BCUT2D eigenvalue weighted by atomic mass is 10.2. The molecule has 3 N–H and O–H groups in total. The maximum atomic E-state index is 11.5.